The van der Waals surface area contributed by atoms with Crippen LogP contribution in [0.25, 0.3) is 0 Å². The van der Waals surface area contributed by atoms with Gasteiger partial charge in [0.1, 0.15) is 0 Å². The second kappa shape index (κ2) is 4.56. The molecule has 0 aliphatic heterocycles. The number of hydrogen-bond donors (Lipinski definition) is 3. The highest BCUT2D eigenvalue weighted by molar-refractivity contribution is 7.88. The first-order valence-electron chi connectivity index (χ1n) is 4.53. The molecule has 1 amide bonds. The van der Waals surface area contributed by atoms with Crippen molar-refractivity contribution >= 4 is 16.3 Å². The molecule has 0 aromatic rings. The van der Waals surface area contributed by atoms with Gasteiger partial charge < -0.3 is 9.84 Å². The molecule has 0 aliphatic rings. The standard InChI is InChI=1S/C8H18N2O5S/c1-7(2,8(3,4)12)10-16(13,14)9-6(11)15-5/h10,12H,1-5H3,(H,9,11). The summed E-state index contributed by atoms with van der Waals surface area (Å²) in [7, 11) is -3.02. The summed E-state index contributed by atoms with van der Waals surface area (Å²) >= 11 is 0. The van der Waals surface area contributed by atoms with Crippen LogP contribution in [0.4, 0.5) is 4.79 Å². The van der Waals surface area contributed by atoms with Gasteiger partial charge in [-0.1, -0.05) is 0 Å². The third-order valence-corrected chi connectivity index (χ3v) is 3.54. The van der Waals surface area contributed by atoms with Crippen LogP contribution in [0.1, 0.15) is 27.7 Å². The van der Waals surface area contributed by atoms with Gasteiger partial charge in [0.2, 0.25) is 0 Å². The molecular weight excluding hydrogens is 236 g/mol. The zero-order chi connectivity index (χ0) is 13.2. The third-order valence-electron chi connectivity index (χ3n) is 2.32. The zero-order valence-corrected chi connectivity index (χ0v) is 10.8. The number of hydrogen-bond acceptors (Lipinski definition) is 5. The predicted octanol–water partition coefficient (Wildman–Crippen LogP) is -0.274. The number of carbonyl (C=O) groups excluding carboxylic acids is 1. The summed E-state index contributed by atoms with van der Waals surface area (Å²) in [6.45, 7) is 5.88. The topological polar surface area (TPSA) is 105 Å². The van der Waals surface area contributed by atoms with Gasteiger partial charge in [0.15, 0.2) is 0 Å². The number of nitrogens with one attached hydrogen (secondary N) is 2. The minimum Gasteiger partial charge on any atom is -0.452 e. The van der Waals surface area contributed by atoms with Gasteiger partial charge in [-0.25, -0.2) is 9.52 Å². The maximum Gasteiger partial charge on any atom is 0.421 e. The molecule has 7 nitrogen and oxygen atoms in total. The Bertz CT molecular complexity index is 355. The molecule has 0 fully saturated rings. The van der Waals surface area contributed by atoms with Crippen molar-refractivity contribution in [2.75, 3.05) is 7.11 Å². The SMILES string of the molecule is COC(=O)NS(=O)(=O)NC(C)(C)C(C)(C)O. The van der Waals surface area contributed by atoms with Gasteiger partial charge in [0, 0.05) is 0 Å². The Labute approximate surface area is 95.4 Å². The molecular formula is C8H18N2O5S. The van der Waals surface area contributed by atoms with Crippen LogP contribution in [0.15, 0.2) is 0 Å². The van der Waals surface area contributed by atoms with Crippen LogP contribution in [0.5, 0.6) is 0 Å². The van der Waals surface area contributed by atoms with E-state index in [4.69, 9.17) is 0 Å². The number of ether oxygens (including phenoxy) is 1. The largest absolute Gasteiger partial charge is 0.452 e. The predicted molar refractivity (Wildman–Crippen MR) is 58.0 cm³/mol. The van der Waals surface area contributed by atoms with E-state index in [0.717, 1.165) is 7.11 Å². The molecule has 0 heterocycles. The van der Waals surface area contributed by atoms with Crippen LogP contribution in [0, 0.1) is 0 Å². The Morgan fingerprint density at radius 2 is 1.69 bits per heavy atom. The zero-order valence-electron chi connectivity index (χ0n) is 9.99. The number of methoxy groups -OCH3 is 1. The molecule has 0 aromatic carbocycles. The molecule has 0 aromatic heterocycles. The van der Waals surface area contributed by atoms with Gasteiger partial charge in [-0.05, 0) is 27.7 Å². The van der Waals surface area contributed by atoms with Crippen molar-refractivity contribution in [2.45, 2.75) is 38.8 Å². The van der Waals surface area contributed by atoms with Crippen LogP contribution < -0.4 is 9.44 Å². The fourth-order valence-electron chi connectivity index (χ4n) is 0.638. The number of carbonyl (C=O) groups is 1. The third kappa shape index (κ3) is 4.33. The fraction of sp³-hybridized carbons (Fsp3) is 0.875. The van der Waals surface area contributed by atoms with E-state index in [9.17, 15) is 18.3 Å². The van der Waals surface area contributed by atoms with Gasteiger partial charge in [0.25, 0.3) is 0 Å². The second-order valence-corrected chi connectivity index (χ2v) is 5.80. The molecule has 0 aliphatic carbocycles. The first-order chi connectivity index (χ1) is 6.91. The lowest BCUT2D eigenvalue weighted by Gasteiger charge is -2.37. The first-order valence-corrected chi connectivity index (χ1v) is 6.01. The van der Waals surface area contributed by atoms with Crippen LogP contribution >= 0.6 is 0 Å². The summed E-state index contributed by atoms with van der Waals surface area (Å²) in [6, 6.07) is 0. The summed E-state index contributed by atoms with van der Waals surface area (Å²) in [5.41, 5.74) is -2.44. The van der Waals surface area contributed by atoms with Crippen molar-refractivity contribution in [3.05, 3.63) is 0 Å². The summed E-state index contributed by atoms with van der Waals surface area (Å²) in [4.78, 5) is 10.7. The molecule has 0 saturated carbocycles. The second-order valence-electron chi connectivity index (χ2n) is 4.38. The van der Waals surface area contributed by atoms with Gasteiger partial charge in [0.05, 0.1) is 18.2 Å². The van der Waals surface area contributed by atoms with Crippen LogP contribution in [-0.2, 0) is 14.9 Å². The molecule has 0 radical (unpaired) electrons. The quantitative estimate of drug-likeness (QED) is 0.640. The summed E-state index contributed by atoms with van der Waals surface area (Å²) in [5.74, 6) is 0. The normalized spacial score (nSPS) is 13.4. The highest BCUT2D eigenvalue weighted by Crippen LogP contribution is 2.20. The highest BCUT2D eigenvalue weighted by Gasteiger charge is 2.38. The van der Waals surface area contributed by atoms with Crippen molar-refractivity contribution in [1.82, 2.24) is 9.44 Å². The number of rotatable bonds is 4. The van der Waals surface area contributed by atoms with Crippen molar-refractivity contribution in [3.63, 3.8) is 0 Å². The van der Waals surface area contributed by atoms with E-state index in [2.05, 4.69) is 9.46 Å². The Kier molecular flexibility index (Phi) is 4.31. The van der Waals surface area contributed by atoms with Crippen LogP contribution in [0.2, 0.25) is 0 Å². The minimum absolute atomic E-state index is 1.05. The van der Waals surface area contributed by atoms with Gasteiger partial charge >= 0.3 is 16.3 Å². The van der Waals surface area contributed by atoms with Gasteiger partial charge in [-0.2, -0.15) is 13.1 Å². The Balaban J connectivity index is 4.79. The molecule has 0 unspecified atom stereocenters. The summed E-state index contributed by atoms with van der Waals surface area (Å²) < 4.78 is 30.8. The van der Waals surface area contributed by atoms with E-state index in [0.29, 0.717) is 0 Å². The molecule has 8 heteroatoms. The first kappa shape index (κ1) is 15.1. The van der Waals surface area contributed by atoms with E-state index >= 15 is 0 Å². The van der Waals surface area contributed by atoms with Crippen molar-refractivity contribution in [2.24, 2.45) is 0 Å². The molecule has 96 valence electrons. The lowest BCUT2D eigenvalue weighted by atomic mass is 9.87. The molecule has 0 spiro atoms. The summed E-state index contributed by atoms with van der Waals surface area (Å²) in [5, 5.41) is 9.73. The minimum atomic E-state index is -4.07. The average molecular weight is 254 g/mol. The maximum absolute atomic E-state index is 11.4. The van der Waals surface area contributed by atoms with Crippen LogP contribution in [0.3, 0.4) is 0 Å². The Morgan fingerprint density at radius 3 is 2.00 bits per heavy atom. The molecule has 0 atom stereocenters. The molecule has 0 saturated heterocycles. The maximum atomic E-state index is 11.4. The molecule has 16 heavy (non-hydrogen) atoms. The monoisotopic (exact) mass is 254 g/mol. The molecule has 0 bridgehead atoms. The molecule has 0 rings (SSSR count). The van der Waals surface area contributed by atoms with E-state index in [-0.39, 0.29) is 0 Å². The molecule has 3 N–H and O–H groups in total. The van der Waals surface area contributed by atoms with Crippen molar-refractivity contribution < 1.29 is 23.1 Å². The lowest BCUT2D eigenvalue weighted by molar-refractivity contribution is 0.00622. The summed E-state index contributed by atoms with van der Waals surface area (Å²) in [6.07, 6.45) is -1.10. The Hall–Kier alpha value is -0.860. The lowest BCUT2D eigenvalue weighted by Crippen LogP contribution is -2.60. The van der Waals surface area contributed by atoms with E-state index in [1.165, 1.54) is 27.7 Å². The fourth-order valence-corrected chi connectivity index (χ4v) is 1.91. The van der Waals surface area contributed by atoms with E-state index in [1.807, 2.05) is 0 Å². The smallest absolute Gasteiger partial charge is 0.421 e. The Morgan fingerprint density at radius 1 is 1.25 bits per heavy atom. The van der Waals surface area contributed by atoms with Crippen molar-refractivity contribution in [3.8, 4) is 0 Å². The van der Waals surface area contributed by atoms with Gasteiger partial charge in [-0.15, -0.1) is 0 Å². The highest BCUT2D eigenvalue weighted by atomic mass is 32.2. The van der Waals surface area contributed by atoms with Gasteiger partial charge in [-0.3, -0.25) is 0 Å². The number of amides is 1. The van der Waals surface area contributed by atoms with Crippen molar-refractivity contribution in [1.29, 1.82) is 0 Å². The van der Waals surface area contributed by atoms with E-state index < -0.39 is 27.4 Å². The van der Waals surface area contributed by atoms with E-state index in [1.54, 1.807) is 4.72 Å². The number of aliphatic hydroxyl groups is 1. The average Bonchev–Trinajstić information content (AvgIpc) is 1.98. The van der Waals surface area contributed by atoms with Crippen LogP contribution in [-0.4, -0.2) is 37.9 Å².